The molecule has 1 aliphatic carbocycles. The Bertz CT molecular complexity index is 1390. The smallest absolute Gasteiger partial charge is 0.289 e. The van der Waals surface area contributed by atoms with E-state index in [4.69, 9.17) is 21.1 Å². The zero-order valence-corrected chi connectivity index (χ0v) is 18.9. The lowest BCUT2D eigenvalue weighted by molar-refractivity contribution is 0.301. The standard InChI is InChI=1S/C25H21ClN6O2/c26-20-12-17(5-7-22(20)33-13-18-3-1-2-10-27-18)30-23-19-11-16(4-6-21(19)28-15-29-23)31-24-32-25(8-9-25)14-34-24/h1-7,10-12,15H,8-9,13-14H2,(H,31,32)(H,28,29,30). The monoisotopic (exact) mass is 472 g/mol. The van der Waals surface area contributed by atoms with Crippen LogP contribution in [0.5, 0.6) is 5.75 Å². The molecule has 0 radical (unpaired) electrons. The average molecular weight is 473 g/mol. The van der Waals surface area contributed by atoms with E-state index in [2.05, 4.69) is 30.6 Å². The number of aromatic nitrogens is 3. The van der Waals surface area contributed by atoms with E-state index in [-0.39, 0.29) is 5.54 Å². The number of pyridine rings is 1. The average Bonchev–Trinajstić information content (AvgIpc) is 3.50. The fourth-order valence-electron chi connectivity index (χ4n) is 3.77. The van der Waals surface area contributed by atoms with Crippen molar-refractivity contribution in [2.75, 3.05) is 17.2 Å². The maximum atomic E-state index is 6.47. The zero-order valence-electron chi connectivity index (χ0n) is 18.2. The van der Waals surface area contributed by atoms with Crippen LogP contribution in [0.2, 0.25) is 5.02 Å². The molecule has 2 aromatic carbocycles. The van der Waals surface area contributed by atoms with Crippen LogP contribution in [-0.4, -0.2) is 33.1 Å². The second-order valence-corrected chi connectivity index (χ2v) is 8.80. The highest BCUT2D eigenvalue weighted by molar-refractivity contribution is 6.32. The largest absolute Gasteiger partial charge is 0.486 e. The maximum Gasteiger partial charge on any atom is 0.289 e. The van der Waals surface area contributed by atoms with E-state index in [1.54, 1.807) is 6.20 Å². The Morgan fingerprint density at radius 2 is 1.85 bits per heavy atom. The molecule has 0 unspecified atom stereocenters. The Kier molecular flexibility index (Phi) is 5.15. The Labute approximate surface area is 201 Å². The highest BCUT2D eigenvalue weighted by Gasteiger charge is 2.48. The maximum absolute atomic E-state index is 6.47. The van der Waals surface area contributed by atoms with Crippen LogP contribution in [0.4, 0.5) is 17.2 Å². The second kappa shape index (κ2) is 8.46. The van der Waals surface area contributed by atoms with Crippen LogP contribution in [0.15, 0.2) is 72.1 Å². The van der Waals surface area contributed by atoms with Gasteiger partial charge in [-0.1, -0.05) is 17.7 Å². The molecule has 0 saturated heterocycles. The van der Waals surface area contributed by atoms with Crippen LogP contribution in [0, 0.1) is 0 Å². The summed E-state index contributed by atoms with van der Waals surface area (Å²) >= 11 is 6.47. The quantitative estimate of drug-likeness (QED) is 0.391. The third-order valence-corrected chi connectivity index (χ3v) is 6.12. The fraction of sp³-hybridized carbons (Fsp3) is 0.200. The van der Waals surface area contributed by atoms with Gasteiger partial charge in [0.15, 0.2) is 0 Å². The molecule has 2 aromatic heterocycles. The van der Waals surface area contributed by atoms with Crippen LogP contribution in [0.1, 0.15) is 18.5 Å². The number of halogens is 1. The molecule has 0 amide bonds. The summed E-state index contributed by atoms with van der Waals surface area (Å²) in [6, 6.07) is 17.7. The van der Waals surface area contributed by atoms with Gasteiger partial charge in [0.1, 0.15) is 36.6 Å². The third-order valence-electron chi connectivity index (χ3n) is 5.83. The first-order valence-electron chi connectivity index (χ1n) is 11.0. The second-order valence-electron chi connectivity index (χ2n) is 8.39. The number of ether oxygens (including phenoxy) is 2. The minimum Gasteiger partial charge on any atom is -0.486 e. The molecule has 1 fully saturated rings. The summed E-state index contributed by atoms with van der Waals surface area (Å²) < 4.78 is 11.5. The van der Waals surface area contributed by atoms with Gasteiger partial charge in [-0.25, -0.2) is 15.0 Å². The number of hydrogen-bond acceptors (Lipinski definition) is 8. The van der Waals surface area contributed by atoms with Gasteiger partial charge in [0, 0.05) is 23.0 Å². The summed E-state index contributed by atoms with van der Waals surface area (Å²) in [5.41, 5.74) is 3.31. The van der Waals surface area contributed by atoms with Crippen molar-refractivity contribution in [1.82, 2.24) is 15.0 Å². The van der Waals surface area contributed by atoms with E-state index in [9.17, 15) is 0 Å². The van der Waals surface area contributed by atoms with Gasteiger partial charge in [0.2, 0.25) is 0 Å². The third kappa shape index (κ3) is 4.32. The Morgan fingerprint density at radius 1 is 0.971 bits per heavy atom. The molecule has 1 aliphatic heterocycles. The van der Waals surface area contributed by atoms with E-state index in [1.165, 1.54) is 6.33 Å². The minimum atomic E-state index is 0.0156. The molecule has 170 valence electrons. The summed E-state index contributed by atoms with van der Waals surface area (Å²) in [7, 11) is 0. The van der Waals surface area contributed by atoms with Crippen LogP contribution >= 0.6 is 11.6 Å². The van der Waals surface area contributed by atoms with Crippen LogP contribution < -0.4 is 15.4 Å². The molecule has 0 atom stereocenters. The first-order chi connectivity index (χ1) is 16.7. The van der Waals surface area contributed by atoms with Crippen molar-refractivity contribution in [2.24, 2.45) is 4.99 Å². The Morgan fingerprint density at radius 3 is 2.65 bits per heavy atom. The molecule has 4 aromatic rings. The molecule has 2 aliphatic rings. The number of nitrogens with zero attached hydrogens (tertiary/aromatic N) is 4. The number of fused-ring (bicyclic) bond motifs is 1. The predicted octanol–water partition coefficient (Wildman–Crippen LogP) is 5.33. The van der Waals surface area contributed by atoms with Crippen molar-refractivity contribution in [2.45, 2.75) is 25.0 Å². The fourth-order valence-corrected chi connectivity index (χ4v) is 4.01. The first kappa shape index (κ1) is 20.7. The van der Waals surface area contributed by atoms with Crippen LogP contribution in [0.3, 0.4) is 0 Å². The molecule has 34 heavy (non-hydrogen) atoms. The van der Waals surface area contributed by atoms with Crippen LogP contribution in [-0.2, 0) is 11.3 Å². The van der Waals surface area contributed by atoms with Gasteiger partial charge in [0.25, 0.3) is 6.02 Å². The number of aliphatic imine (C=N–C) groups is 1. The van der Waals surface area contributed by atoms with E-state index < -0.39 is 0 Å². The van der Waals surface area contributed by atoms with Gasteiger partial charge in [-0.15, -0.1) is 0 Å². The number of benzene rings is 2. The summed E-state index contributed by atoms with van der Waals surface area (Å²) in [6.07, 6.45) is 5.45. The Balaban J connectivity index is 1.20. The number of anilines is 3. The summed E-state index contributed by atoms with van der Waals surface area (Å²) in [4.78, 5) is 17.7. The highest BCUT2D eigenvalue weighted by atomic mass is 35.5. The van der Waals surface area contributed by atoms with Crippen molar-refractivity contribution >= 4 is 45.7 Å². The van der Waals surface area contributed by atoms with Crippen molar-refractivity contribution in [3.8, 4) is 5.75 Å². The predicted molar refractivity (Wildman–Crippen MR) is 132 cm³/mol. The molecule has 9 heteroatoms. The van der Waals surface area contributed by atoms with E-state index in [1.807, 2.05) is 54.6 Å². The molecule has 1 saturated carbocycles. The normalized spacial score (nSPS) is 15.6. The molecule has 2 N–H and O–H groups in total. The van der Waals surface area contributed by atoms with Gasteiger partial charge in [-0.05, 0) is 61.4 Å². The molecule has 8 nitrogen and oxygen atoms in total. The van der Waals surface area contributed by atoms with Gasteiger partial charge < -0.3 is 20.1 Å². The van der Waals surface area contributed by atoms with Crippen molar-refractivity contribution in [3.63, 3.8) is 0 Å². The molecule has 1 spiro atoms. The lowest BCUT2D eigenvalue weighted by Crippen LogP contribution is -2.11. The molecular weight excluding hydrogens is 452 g/mol. The van der Waals surface area contributed by atoms with Crippen molar-refractivity contribution in [1.29, 1.82) is 0 Å². The zero-order chi connectivity index (χ0) is 23.0. The number of hydrogen-bond donors (Lipinski definition) is 2. The van der Waals surface area contributed by atoms with E-state index in [0.717, 1.165) is 40.8 Å². The highest BCUT2D eigenvalue weighted by Crippen LogP contribution is 2.43. The lowest BCUT2D eigenvalue weighted by atomic mass is 10.2. The lowest BCUT2D eigenvalue weighted by Gasteiger charge is -2.12. The number of rotatable bonds is 6. The van der Waals surface area contributed by atoms with Crippen molar-refractivity contribution in [3.05, 3.63) is 77.8 Å². The minimum absolute atomic E-state index is 0.0156. The first-order valence-corrected chi connectivity index (χ1v) is 11.4. The van der Waals surface area contributed by atoms with Gasteiger partial charge in [-0.3, -0.25) is 4.98 Å². The number of amidine groups is 1. The van der Waals surface area contributed by atoms with Gasteiger partial charge in [0.05, 0.1) is 16.2 Å². The summed E-state index contributed by atoms with van der Waals surface area (Å²) in [5, 5.41) is 7.96. The molecule has 0 bridgehead atoms. The summed E-state index contributed by atoms with van der Waals surface area (Å²) in [5.74, 6) is 1.25. The molecule has 6 rings (SSSR count). The number of nitrogens with one attached hydrogen (secondary N) is 2. The molecule has 3 heterocycles. The van der Waals surface area contributed by atoms with Crippen molar-refractivity contribution < 1.29 is 9.47 Å². The van der Waals surface area contributed by atoms with E-state index in [0.29, 0.717) is 35.8 Å². The topological polar surface area (TPSA) is 93.6 Å². The van der Waals surface area contributed by atoms with Gasteiger partial charge in [-0.2, -0.15) is 0 Å². The molecular formula is C25H21ClN6O2. The Hall–Kier alpha value is -3.91. The SMILES string of the molecule is Clc1cc(Nc2ncnc3ccc(NC4=NC5(CC5)CO4)cc23)ccc1OCc1ccccn1. The van der Waals surface area contributed by atoms with Gasteiger partial charge >= 0.3 is 0 Å². The summed E-state index contributed by atoms with van der Waals surface area (Å²) in [6.45, 7) is 0.997. The van der Waals surface area contributed by atoms with Crippen LogP contribution in [0.25, 0.3) is 10.9 Å². The van der Waals surface area contributed by atoms with E-state index >= 15 is 0 Å².